The van der Waals surface area contributed by atoms with Gasteiger partial charge in [-0.15, -0.1) is 0 Å². The van der Waals surface area contributed by atoms with Crippen LogP contribution in [0.15, 0.2) is 30.5 Å². The number of aromatic amines is 1. The number of rotatable bonds is 7. The zero-order valence-corrected chi connectivity index (χ0v) is 11.9. The van der Waals surface area contributed by atoms with Gasteiger partial charge in [-0.3, -0.25) is 4.79 Å². The summed E-state index contributed by atoms with van der Waals surface area (Å²) >= 11 is 0. The number of aromatic nitrogens is 1. The molecule has 2 aromatic rings. The molecule has 4 heteroatoms. The van der Waals surface area contributed by atoms with E-state index in [0.717, 1.165) is 24.8 Å². The third-order valence-electron chi connectivity index (χ3n) is 3.46. The second-order valence-electron chi connectivity index (χ2n) is 5.23. The number of aryl methyl sites for hydroxylation is 1. The Morgan fingerprint density at radius 2 is 2.25 bits per heavy atom. The lowest BCUT2D eigenvalue weighted by Crippen LogP contribution is -2.32. The SMILES string of the molecule is CC(CCCO)NC(=O)CCc1ccc2[nH]ccc2c1. The minimum Gasteiger partial charge on any atom is -0.396 e. The van der Waals surface area contributed by atoms with E-state index in [2.05, 4.69) is 22.4 Å². The maximum absolute atomic E-state index is 11.8. The molecular formula is C16H22N2O2. The number of fused-ring (bicyclic) bond motifs is 1. The highest BCUT2D eigenvalue weighted by atomic mass is 16.2. The maximum Gasteiger partial charge on any atom is 0.220 e. The van der Waals surface area contributed by atoms with E-state index in [1.165, 1.54) is 10.9 Å². The predicted molar refractivity (Wildman–Crippen MR) is 80.5 cm³/mol. The lowest BCUT2D eigenvalue weighted by Gasteiger charge is -2.13. The van der Waals surface area contributed by atoms with Gasteiger partial charge in [0.25, 0.3) is 0 Å². The minimum atomic E-state index is 0.0737. The molecule has 1 aromatic heterocycles. The predicted octanol–water partition coefficient (Wildman–Crippen LogP) is 2.38. The van der Waals surface area contributed by atoms with Crippen molar-refractivity contribution in [3.8, 4) is 0 Å². The van der Waals surface area contributed by atoms with Crippen LogP contribution in [0, 0.1) is 0 Å². The molecule has 1 aromatic carbocycles. The van der Waals surface area contributed by atoms with Crippen molar-refractivity contribution in [3.05, 3.63) is 36.0 Å². The summed E-state index contributed by atoms with van der Waals surface area (Å²) in [7, 11) is 0. The topological polar surface area (TPSA) is 65.1 Å². The van der Waals surface area contributed by atoms with Crippen LogP contribution in [0.2, 0.25) is 0 Å². The molecule has 1 atom stereocenters. The van der Waals surface area contributed by atoms with Crippen LogP contribution in [0.25, 0.3) is 10.9 Å². The Hall–Kier alpha value is -1.81. The van der Waals surface area contributed by atoms with Gasteiger partial charge in [0, 0.05) is 30.8 Å². The number of aliphatic hydroxyl groups excluding tert-OH is 1. The Labute approximate surface area is 119 Å². The molecule has 0 fully saturated rings. The molecule has 20 heavy (non-hydrogen) atoms. The largest absolute Gasteiger partial charge is 0.396 e. The molecule has 4 nitrogen and oxygen atoms in total. The van der Waals surface area contributed by atoms with Crippen molar-refractivity contribution >= 4 is 16.8 Å². The molecule has 0 spiro atoms. The van der Waals surface area contributed by atoms with Gasteiger partial charge in [-0.25, -0.2) is 0 Å². The molecule has 108 valence electrons. The van der Waals surface area contributed by atoms with Crippen molar-refractivity contribution in [2.45, 2.75) is 38.6 Å². The molecule has 1 unspecified atom stereocenters. The van der Waals surface area contributed by atoms with Crippen molar-refractivity contribution in [2.75, 3.05) is 6.61 Å². The van der Waals surface area contributed by atoms with Gasteiger partial charge in [0.2, 0.25) is 5.91 Å². The summed E-state index contributed by atoms with van der Waals surface area (Å²) in [6.07, 6.45) is 4.71. The molecule has 0 saturated heterocycles. The average molecular weight is 274 g/mol. The summed E-state index contributed by atoms with van der Waals surface area (Å²) in [5.74, 6) is 0.0737. The molecule has 1 amide bonds. The molecule has 0 radical (unpaired) electrons. The van der Waals surface area contributed by atoms with Gasteiger partial charge in [-0.1, -0.05) is 6.07 Å². The summed E-state index contributed by atoms with van der Waals surface area (Å²) in [4.78, 5) is 15.0. The molecule has 0 aliphatic rings. The quantitative estimate of drug-likeness (QED) is 0.725. The number of nitrogens with one attached hydrogen (secondary N) is 2. The van der Waals surface area contributed by atoms with Crippen molar-refractivity contribution in [1.29, 1.82) is 0 Å². The van der Waals surface area contributed by atoms with Crippen LogP contribution in [0.4, 0.5) is 0 Å². The third kappa shape index (κ3) is 4.10. The zero-order chi connectivity index (χ0) is 14.4. The average Bonchev–Trinajstić information content (AvgIpc) is 2.90. The van der Waals surface area contributed by atoms with Gasteiger partial charge in [0.05, 0.1) is 0 Å². The number of carbonyl (C=O) groups is 1. The second-order valence-corrected chi connectivity index (χ2v) is 5.23. The Bertz CT molecular complexity index is 562. The van der Waals surface area contributed by atoms with Gasteiger partial charge < -0.3 is 15.4 Å². The summed E-state index contributed by atoms with van der Waals surface area (Å²) in [6.45, 7) is 2.15. The van der Waals surface area contributed by atoms with E-state index in [0.29, 0.717) is 6.42 Å². The van der Waals surface area contributed by atoms with Crippen LogP contribution < -0.4 is 5.32 Å². The summed E-state index contributed by atoms with van der Waals surface area (Å²) < 4.78 is 0. The van der Waals surface area contributed by atoms with E-state index in [1.54, 1.807) is 0 Å². The standard InChI is InChI=1S/C16H22N2O2/c1-12(3-2-10-19)18-16(20)7-5-13-4-6-15-14(11-13)8-9-17-15/h4,6,8-9,11-12,17,19H,2-3,5,7,10H2,1H3,(H,18,20). The van der Waals surface area contributed by atoms with E-state index in [9.17, 15) is 4.79 Å². The van der Waals surface area contributed by atoms with Crippen LogP contribution in [-0.2, 0) is 11.2 Å². The summed E-state index contributed by atoms with van der Waals surface area (Å²) in [5, 5.41) is 12.9. The molecular weight excluding hydrogens is 252 g/mol. The number of benzene rings is 1. The minimum absolute atomic E-state index is 0.0737. The number of hydrogen-bond donors (Lipinski definition) is 3. The highest BCUT2D eigenvalue weighted by Crippen LogP contribution is 2.15. The highest BCUT2D eigenvalue weighted by Gasteiger charge is 2.07. The Morgan fingerprint density at radius 3 is 3.05 bits per heavy atom. The molecule has 0 saturated carbocycles. The van der Waals surface area contributed by atoms with Crippen molar-refractivity contribution in [2.24, 2.45) is 0 Å². The fourth-order valence-corrected chi connectivity index (χ4v) is 2.33. The highest BCUT2D eigenvalue weighted by molar-refractivity contribution is 5.80. The Balaban J connectivity index is 1.80. The van der Waals surface area contributed by atoms with E-state index in [1.807, 2.05) is 25.3 Å². The van der Waals surface area contributed by atoms with E-state index < -0.39 is 0 Å². The fourth-order valence-electron chi connectivity index (χ4n) is 2.33. The Kier molecular flexibility index (Phi) is 5.18. The number of amides is 1. The van der Waals surface area contributed by atoms with Gasteiger partial charge >= 0.3 is 0 Å². The first-order chi connectivity index (χ1) is 9.69. The van der Waals surface area contributed by atoms with Crippen LogP contribution in [0.1, 0.15) is 31.7 Å². The van der Waals surface area contributed by atoms with Crippen LogP contribution >= 0.6 is 0 Å². The molecule has 2 rings (SSSR count). The maximum atomic E-state index is 11.8. The van der Waals surface area contributed by atoms with Crippen LogP contribution in [0.3, 0.4) is 0 Å². The first kappa shape index (κ1) is 14.6. The molecule has 3 N–H and O–H groups in total. The lowest BCUT2D eigenvalue weighted by atomic mass is 10.1. The second kappa shape index (κ2) is 7.10. The first-order valence-electron chi connectivity index (χ1n) is 7.15. The van der Waals surface area contributed by atoms with E-state index in [4.69, 9.17) is 5.11 Å². The monoisotopic (exact) mass is 274 g/mol. The number of aliphatic hydroxyl groups is 1. The Morgan fingerprint density at radius 1 is 1.40 bits per heavy atom. The van der Waals surface area contributed by atoms with Crippen molar-refractivity contribution in [1.82, 2.24) is 10.3 Å². The normalized spacial score (nSPS) is 12.5. The number of hydrogen-bond acceptors (Lipinski definition) is 2. The smallest absolute Gasteiger partial charge is 0.220 e. The molecule has 1 heterocycles. The number of carbonyl (C=O) groups excluding carboxylic acids is 1. The fraction of sp³-hybridized carbons (Fsp3) is 0.438. The van der Waals surface area contributed by atoms with Crippen molar-refractivity contribution in [3.63, 3.8) is 0 Å². The van der Waals surface area contributed by atoms with Gasteiger partial charge in [-0.2, -0.15) is 0 Å². The van der Waals surface area contributed by atoms with Gasteiger partial charge in [0.1, 0.15) is 0 Å². The zero-order valence-electron chi connectivity index (χ0n) is 11.9. The summed E-state index contributed by atoms with van der Waals surface area (Å²) in [5.41, 5.74) is 2.30. The first-order valence-corrected chi connectivity index (χ1v) is 7.15. The number of H-pyrrole nitrogens is 1. The summed E-state index contributed by atoms with van der Waals surface area (Å²) in [6, 6.07) is 8.39. The van der Waals surface area contributed by atoms with E-state index in [-0.39, 0.29) is 18.6 Å². The lowest BCUT2D eigenvalue weighted by molar-refractivity contribution is -0.121. The van der Waals surface area contributed by atoms with E-state index >= 15 is 0 Å². The van der Waals surface area contributed by atoms with Crippen LogP contribution in [-0.4, -0.2) is 28.6 Å². The van der Waals surface area contributed by atoms with Crippen molar-refractivity contribution < 1.29 is 9.90 Å². The van der Waals surface area contributed by atoms with Gasteiger partial charge in [0.15, 0.2) is 0 Å². The molecule has 0 bridgehead atoms. The molecule has 0 aliphatic carbocycles. The third-order valence-corrected chi connectivity index (χ3v) is 3.46. The molecule has 0 aliphatic heterocycles. The van der Waals surface area contributed by atoms with Gasteiger partial charge in [-0.05, 0) is 55.3 Å². The van der Waals surface area contributed by atoms with Crippen LogP contribution in [0.5, 0.6) is 0 Å².